The molecule has 1 atom stereocenters. The van der Waals surface area contributed by atoms with Crippen LogP contribution >= 0.6 is 22.9 Å². The molecule has 1 amide bonds. The molecule has 0 radical (unpaired) electrons. The highest BCUT2D eigenvalue weighted by Gasteiger charge is 2.32. The molecule has 2 aromatic carbocycles. The van der Waals surface area contributed by atoms with Crippen LogP contribution in [-0.4, -0.2) is 150 Å². The molecule has 338 valence electrons. The van der Waals surface area contributed by atoms with E-state index in [0.717, 1.165) is 33.2 Å². The van der Waals surface area contributed by atoms with Crippen LogP contribution in [0.15, 0.2) is 53.5 Å². The number of thiophene rings is 1. The molecule has 1 aliphatic heterocycles. The third-order valence-electron chi connectivity index (χ3n) is 9.20. The Morgan fingerprint density at radius 3 is 1.71 bits per heavy atom. The molecule has 4 aromatic rings. The maximum absolute atomic E-state index is 13.5. The number of aryl methyl sites for hydroxylation is 2. The second kappa shape index (κ2) is 27.0. The Kier molecular flexibility index (Phi) is 21.2. The van der Waals surface area contributed by atoms with Crippen LogP contribution in [0.1, 0.15) is 45.7 Å². The number of hydrogen-bond acceptors (Lipinski definition) is 15. The Balaban J connectivity index is 0.879. The minimum absolute atomic E-state index is 0.0674. The number of carbonyl (C=O) groups excluding carboxylic acids is 1. The number of aliphatic carboxylic acids is 1. The van der Waals surface area contributed by atoms with Crippen molar-refractivity contribution in [1.82, 2.24) is 14.8 Å². The summed E-state index contributed by atoms with van der Waals surface area (Å²) in [5, 5.41) is 22.0. The molecule has 19 heteroatoms. The van der Waals surface area contributed by atoms with Gasteiger partial charge >= 0.3 is 5.97 Å². The smallest absolute Gasteiger partial charge is 0.329 e. The summed E-state index contributed by atoms with van der Waals surface area (Å²) >= 11 is 7.90. The molecule has 1 unspecified atom stereocenters. The molecule has 2 N–H and O–H groups in total. The summed E-state index contributed by atoms with van der Waals surface area (Å²) < 4.78 is 51.0. The van der Waals surface area contributed by atoms with Gasteiger partial charge in [-0.2, -0.15) is 0 Å². The molecule has 0 saturated carbocycles. The van der Waals surface area contributed by atoms with Crippen molar-refractivity contribution in [2.24, 2.45) is 4.99 Å². The Morgan fingerprint density at radius 2 is 1.19 bits per heavy atom. The average Bonchev–Trinajstić information content (AvgIpc) is 3.74. The first-order valence-corrected chi connectivity index (χ1v) is 21.6. The van der Waals surface area contributed by atoms with E-state index in [1.54, 1.807) is 35.6 Å². The lowest BCUT2D eigenvalue weighted by atomic mass is 9.99. The van der Waals surface area contributed by atoms with E-state index in [9.17, 15) is 9.59 Å². The highest BCUT2D eigenvalue weighted by atomic mass is 35.5. The zero-order valence-electron chi connectivity index (χ0n) is 35.4. The van der Waals surface area contributed by atoms with Gasteiger partial charge in [-0.05, 0) is 62.7 Å². The number of carboxylic acids is 1. The number of aromatic nitrogens is 3. The fourth-order valence-electron chi connectivity index (χ4n) is 6.07. The van der Waals surface area contributed by atoms with E-state index in [2.05, 4.69) is 29.4 Å². The first-order valence-electron chi connectivity index (χ1n) is 20.4. The lowest BCUT2D eigenvalue weighted by Gasteiger charge is -2.13. The van der Waals surface area contributed by atoms with Gasteiger partial charge < -0.3 is 53.1 Å². The van der Waals surface area contributed by atoms with Crippen molar-refractivity contribution in [2.75, 3.05) is 118 Å². The zero-order chi connectivity index (χ0) is 43.9. The number of rotatable bonds is 31. The number of nitrogens with one attached hydrogen (secondary N) is 1. The Hall–Kier alpha value is -4.34. The number of hydrogen-bond donors (Lipinski definition) is 2. The van der Waals surface area contributed by atoms with E-state index in [0.29, 0.717) is 121 Å². The topological polar surface area (TPSA) is 193 Å². The first-order chi connectivity index (χ1) is 30.2. The molecule has 0 spiro atoms. The summed E-state index contributed by atoms with van der Waals surface area (Å²) in [5.41, 5.74) is 4.48. The van der Waals surface area contributed by atoms with E-state index in [-0.39, 0.29) is 25.5 Å². The summed E-state index contributed by atoms with van der Waals surface area (Å²) in [6.45, 7) is 12.4. The summed E-state index contributed by atoms with van der Waals surface area (Å²) in [6, 6.07) is 14.2. The quantitative estimate of drug-likeness (QED) is 0.0608. The van der Waals surface area contributed by atoms with Crippen LogP contribution < -0.4 is 10.1 Å². The van der Waals surface area contributed by atoms with Crippen molar-refractivity contribution in [2.45, 2.75) is 33.2 Å². The third kappa shape index (κ3) is 16.1. The van der Waals surface area contributed by atoms with Gasteiger partial charge in [-0.25, -0.2) is 4.79 Å². The molecule has 3 heterocycles. The molecule has 2 aromatic heterocycles. The number of fused-ring (bicyclic) bond motifs is 3. The van der Waals surface area contributed by atoms with Gasteiger partial charge in [0, 0.05) is 26.7 Å². The summed E-state index contributed by atoms with van der Waals surface area (Å²) in [7, 11) is 0. The fourth-order valence-corrected chi connectivity index (χ4v) is 7.41. The summed E-state index contributed by atoms with van der Waals surface area (Å²) in [4.78, 5) is 30.2. The Labute approximate surface area is 370 Å². The first kappa shape index (κ1) is 48.7. The lowest BCUT2D eigenvalue weighted by molar-refractivity contribution is -0.142. The van der Waals surface area contributed by atoms with Crippen LogP contribution in [0.2, 0.25) is 5.02 Å². The monoisotopic (exact) mass is 901 g/mol. The Morgan fingerprint density at radius 1 is 0.694 bits per heavy atom. The molecular formula is C43H56ClN5O12S. The Bertz CT molecular complexity index is 1990. The van der Waals surface area contributed by atoms with Gasteiger partial charge in [0.2, 0.25) is 5.91 Å². The van der Waals surface area contributed by atoms with Crippen molar-refractivity contribution < 1.29 is 57.3 Å². The van der Waals surface area contributed by atoms with Crippen molar-refractivity contribution in [3.05, 3.63) is 86.8 Å². The number of halogens is 1. The van der Waals surface area contributed by atoms with Gasteiger partial charge in [0.25, 0.3) is 0 Å². The highest BCUT2D eigenvalue weighted by molar-refractivity contribution is 7.15. The highest BCUT2D eigenvalue weighted by Crippen LogP contribution is 2.39. The predicted octanol–water partition coefficient (Wildman–Crippen LogP) is 5.42. The predicted molar refractivity (Wildman–Crippen MR) is 233 cm³/mol. The molecule has 5 rings (SSSR count). The van der Waals surface area contributed by atoms with Crippen molar-refractivity contribution in [3.63, 3.8) is 0 Å². The maximum Gasteiger partial charge on any atom is 0.329 e. The number of aliphatic imine (C=N–C) groups is 1. The van der Waals surface area contributed by atoms with Crippen LogP contribution in [0.25, 0.3) is 5.00 Å². The third-order valence-corrected chi connectivity index (χ3v) is 10.6. The van der Waals surface area contributed by atoms with Crippen LogP contribution in [-0.2, 0) is 47.5 Å². The van der Waals surface area contributed by atoms with E-state index < -0.39 is 12.0 Å². The molecule has 0 saturated heterocycles. The fraction of sp³-hybridized carbons (Fsp3) is 0.512. The van der Waals surface area contributed by atoms with Gasteiger partial charge in [0.1, 0.15) is 35.8 Å². The van der Waals surface area contributed by atoms with Crippen molar-refractivity contribution >= 4 is 46.2 Å². The van der Waals surface area contributed by atoms with Crippen molar-refractivity contribution in [1.29, 1.82) is 0 Å². The largest absolute Gasteiger partial charge is 0.491 e. The summed E-state index contributed by atoms with van der Waals surface area (Å²) in [6.07, 6.45) is 0.0674. The number of nitrogens with zero attached hydrogens (tertiary/aromatic N) is 4. The normalized spacial score (nSPS) is 13.4. The molecule has 0 aliphatic carbocycles. The van der Waals surface area contributed by atoms with Gasteiger partial charge in [-0.15, -0.1) is 21.5 Å². The minimum atomic E-state index is -1.00. The maximum atomic E-state index is 13.5. The number of ether oxygens (including phenoxy) is 9. The SMILES string of the molecule is Cc1sc2c(c1C)C(c1ccc(Cl)cc1)=NC(CC(=O)Nc1ccc(OCCOCCOCCOCCOCCOCCOCCOCCOCC(=O)O)cc1)c1nnc(C)n1-2. The second-order valence-corrected chi connectivity index (χ2v) is 15.4. The number of anilines is 1. The second-order valence-electron chi connectivity index (χ2n) is 13.8. The molecular weight excluding hydrogens is 846 g/mol. The van der Waals surface area contributed by atoms with Gasteiger partial charge in [0.15, 0.2) is 5.82 Å². The van der Waals surface area contributed by atoms with Gasteiger partial charge in [-0.1, -0.05) is 23.7 Å². The van der Waals surface area contributed by atoms with Crippen LogP contribution in [0.3, 0.4) is 0 Å². The van der Waals surface area contributed by atoms with Gasteiger partial charge in [0.05, 0.1) is 111 Å². The molecule has 1 aliphatic rings. The average molecular weight is 902 g/mol. The minimum Gasteiger partial charge on any atom is -0.491 e. The van der Waals surface area contributed by atoms with E-state index in [1.807, 2.05) is 35.8 Å². The van der Waals surface area contributed by atoms with Crippen LogP contribution in [0, 0.1) is 20.8 Å². The summed E-state index contributed by atoms with van der Waals surface area (Å²) in [5.74, 6) is 0.799. The van der Waals surface area contributed by atoms with Crippen LogP contribution in [0.4, 0.5) is 5.69 Å². The number of amides is 1. The van der Waals surface area contributed by atoms with Gasteiger partial charge in [-0.3, -0.25) is 14.4 Å². The van der Waals surface area contributed by atoms with E-state index >= 15 is 0 Å². The molecule has 17 nitrogen and oxygen atoms in total. The van der Waals surface area contributed by atoms with Crippen molar-refractivity contribution in [3.8, 4) is 10.8 Å². The zero-order valence-corrected chi connectivity index (χ0v) is 37.0. The molecule has 62 heavy (non-hydrogen) atoms. The van der Waals surface area contributed by atoms with Crippen LogP contribution in [0.5, 0.6) is 5.75 Å². The van der Waals surface area contributed by atoms with E-state index in [1.165, 1.54) is 4.88 Å². The number of carbonyl (C=O) groups is 2. The molecule has 0 fully saturated rings. The standard InChI is InChI=1S/C43H56ClN5O12S/c1-30-31(2)62-43-40(30)41(33-4-6-34(44)7-5-33)46-37(42-48-47-32(3)49(42)43)28-38(50)45-35-8-10-36(11-9-35)61-27-26-59-23-22-57-19-18-55-15-14-53-12-13-54-16-17-56-20-21-58-24-25-60-29-39(51)52/h4-11,37H,12-29H2,1-3H3,(H,45,50)(H,51,52). The number of benzene rings is 2. The van der Waals surface area contributed by atoms with E-state index in [4.69, 9.17) is 64.3 Å². The molecule has 0 bridgehead atoms. The number of carboxylic acid groups (broad SMARTS) is 1. The lowest BCUT2D eigenvalue weighted by Crippen LogP contribution is -2.17.